The summed E-state index contributed by atoms with van der Waals surface area (Å²) < 4.78 is 0. The maximum atomic E-state index is 12.1. The molecule has 2 rings (SSSR count). The zero-order chi connectivity index (χ0) is 16.4. The van der Waals surface area contributed by atoms with Crippen LogP contribution in [0.3, 0.4) is 0 Å². The number of hydrogen-bond acceptors (Lipinski definition) is 3. The molecule has 1 aromatic rings. The summed E-state index contributed by atoms with van der Waals surface area (Å²) in [4.78, 5) is 24.3. The minimum atomic E-state index is -0.591. The van der Waals surface area contributed by atoms with Gasteiger partial charge in [0.1, 0.15) is 6.07 Å². The van der Waals surface area contributed by atoms with Crippen molar-refractivity contribution in [2.75, 3.05) is 6.54 Å². The van der Waals surface area contributed by atoms with Gasteiger partial charge in [-0.3, -0.25) is 9.59 Å². The number of nitriles is 1. The Kier molecular flexibility index (Phi) is 4.18. The van der Waals surface area contributed by atoms with Gasteiger partial charge in [0.2, 0.25) is 0 Å². The third-order valence-electron chi connectivity index (χ3n) is 4.01. The first-order valence-corrected chi connectivity index (χ1v) is 7.28. The van der Waals surface area contributed by atoms with Crippen molar-refractivity contribution in [3.05, 3.63) is 47.5 Å². The SMILES string of the molecule is CC1(CNC(=O)c2ccccc2)C=C(C#N)C(=O)C(C)(C)C1. The number of nitrogens with one attached hydrogen (secondary N) is 1. The summed E-state index contributed by atoms with van der Waals surface area (Å²) in [6.45, 7) is 6.04. The van der Waals surface area contributed by atoms with E-state index in [0.717, 1.165) is 0 Å². The van der Waals surface area contributed by atoms with Crippen LogP contribution in [0.15, 0.2) is 42.0 Å². The molecule has 1 amide bonds. The predicted octanol–water partition coefficient (Wildman–Crippen LogP) is 2.87. The zero-order valence-electron chi connectivity index (χ0n) is 13.1. The van der Waals surface area contributed by atoms with Crippen molar-refractivity contribution >= 4 is 11.7 Å². The van der Waals surface area contributed by atoms with Crippen LogP contribution in [0.1, 0.15) is 37.6 Å². The summed E-state index contributed by atoms with van der Waals surface area (Å²) in [6.07, 6.45) is 2.30. The molecule has 1 aliphatic carbocycles. The maximum absolute atomic E-state index is 12.1. The van der Waals surface area contributed by atoms with Crippen LogP contribution in [0.4, 0.5) is 0 Å². The smallest absolute Gasteiger partial charge is 0.251 e. The molecular formula is C18H20N2O2. The first-order valence-electron chi connectivity index (χ1n) is 7.28. The van der Waals surface area contributed by atoms with Gasteiger partial charge in [-0.1, -0.05) is 45.0 Å². The van der Waals surface area contributed by atoms with E-state index in [9.17, 15) is 9.59 Å². The van der Waals surface area contributed by atoms with Gasteiger partial charge < -0.3 is 5.32 Å². The summed E-state index contributed by atoms with van der Waals surface area (Å²) in [5.74, 6) is -0.273. The summed E-state index contributed by atoms with van der Waals surface area (Å²) in [5, 5.41) is 12.1. The van der Waals surface area contributed by atoms with Crippen molar-refractivity contribution in [3.63, 3.8) is 0 Å². The fourth-order valence-corrected chi connectivity index (χ4v) is 3.09. The number of carbonyl (C=O) groups excluding carboxylic acids is 2. The van der Waals surface area contributed by atoms with Crippen molar-refractivity contribution in [1.29, 1.82) is 5.26 Å². The van der Waals surface area contributed by atoms with E-state index in [1.807, 2.05) is 45.0 Å². The predicted molar refractivity (Wildman–Crippen MR) is 84.0 cm³/mol. The van der Waals surface area contributed by atoms with Crippen molar-refractivity contribution in [3.8, 4) is 6.07 Å². The molecule has 1 N–H and O–H groups in total. The third-order valence-corrected chi connectivity index (χ3v) is 4.01. The number of hydrogen-bond donors (Lipinski definition) is 1. The number of Topliss-reactive ketones (excluding diaryl/α,β-unsaturated/α-hetero) is 1. The van der Waals surface area contributed by atoms with Crippen LogP contribution in [0, 0.1) is 22.2 Å². The molecule has 22 heavy (non-hydrogen) atoms. The normalized spacial score (nSPS) is 23.4. The number of nitrogens with zero attached hydrogens (tertiary/aromatic N) is 1. The van der Waals surface area contributed by atoms with E-state index < -0.39 is 10.8 Å². The lowest BCUT2D eigenvalue weighted by Gasteiger charge is -2.38. The lowest BCUT2D eigenvalue weighted by molar-refractivity contribution is -0.125. The Hall–Kier alpha value is -2.41. The highest BCUT2D eigenvalue weighted by molar-refractivity contribution is 6.03. The Labute approximate surface area is 130 Å². The van der Waals surface area contributed by atoms with Gasteiger partial charge in [-0.05, 0) is 18.6 Å². The van der Waals surface area contributed by atoms with E-state index in [1.165, 1.54) is 0 Å². The average Bonchev–Trinajstić information content (AvgIpc) is 2.49. The second-order valence-corrected chi connectivity index (χ2v) is 6.76. The van der Waals surface area contributed by atoms with Gasteiger partial charge in [-0.25, -0.2) is 0 Å². The molecule has 0 saturated heterocycles. The topological polar surface area (TPSA) is 70.0 Å². The fraction of sp³-hybridized carbons (Fsp3) is 0.389. The monoisotopic (exact) mass is 296 g/mol. The van der Waals surface area contributed by atoms with Crippen LogP contribution < -0.4 is 5.32 Å². The fourth-order valence-electron chi connectivity index (χ4n) is 3.09. The van der Waals surface area contributed by atoms with E-state index in [0.29, 0.717) is 18.5 Å². The largest absolute Gasteiger partial charge is 0.351 e. The number of rotatable bonds is 3. The van der Waals surface area contributed by atoms with E-state index in [4.69, 9.17) is 5.26 Å². The lowest BCUT2D eigenvalue weighted by Crippen LogP contribution is -2.43. The minimum Gasteiger partial charge on any atom is -0.351 e. The van der Waals surface area contributed by atoms with Crippen LogP contribution in [0.5, 0.6) is 0 Å². The molecule has 0 bridgehead atoms. The first kappa shape index (κ1) is 16.0. The second-order valence-electron chi connectivity index (χ2n) is 6.76. The lowest BCUT2D eigenvalue weighted by atomic mass is 9.65. The number of allylic oxidation sites excluding steroid dienone is 1. The van der Waals surface area contributed by atoms with Gasteiger partial charge in [0.15, 0.2) is 5.78 Å². The van der Waals surface area contributed by atoms with Crippen LogP contribution in [0.2, 0.25) is 0 Å². The number of ketones is 1. The Morgan fingerprint density at radius 2 is 1.91 bits per heavy atom. The summed E-state index contributed by atoms with van der Waals surface area (Å²) in [6, 6.07) is 11.0. The van der Waals surface area contributed by atoms with Crippen molar-refractivity contribution < 1.29 is 9.59 Å². The van der Waals surface area contributed by atoms with Crippen LogP contribution >= 0.6 is 0 Å². The molecule has 0 fully saturated rings. The molecule has 0 radical (unpaired) electrons. The Morgan fingerprint density at radius 1 is 1.27 bits per heavy atom. The molecular weight excluding hydrogens is 276 g/mol. The van der Waals surface area contributed by atoms with E-state index in [-0.39, 0.29) is 17.3 Å². The molecule has 0 spiro atoms. The molecule has 114 valence electrons. The van der Waals surface area contributed by atoms with Crippen molar-refractivity contribution in [2.24, 2.45) is 10.8 Å². The van der Waals surface area contributed by atoms with Crippen molar-refractivity contribution in [2.45, 2.75) is 27.2 Å². The zero-order valence-corrected chi connectivity index (χ0v) is 13.1. The Morgan fingerprint density at radius 3 is 2.50 bits per heavy atom. The molecule has 1 aliphatic rings. The third kappa shape index (κ3) is 3.25. The van der Waals surface area contributed by atoms with Gasteiger partial charge in [-0.15, -0.1) is 0 Å². The maximum Gasteiger partial charge on any atom is 0.251 e. The van der Waals surface area contributed by atoms with Gasteiger partial charge in [0.05, 0.1) is 5.57 Å². The standard InChI is InChI=1S/C18H20N2O2/c1-17(2)11-18(3,9-14(10-19)15(17)21)12-20-16(22)13-7-5-4-6-8-13/h4-9H,11-12H2,1-3H3,(H,20,22). The number of carbonyl (C=O) groups is 2. The van der Waals surface area contributed by atoms with Crippen LogP contribution in [-0.2, 0) is 4.79 Å². The molecule has 4 heteroatoms. The van der Waals surface area contributed by atoms with E-state index in [1.54, 1.807) is 18.2 Å². The number of benzene rings is 1. The highest BCUT2D eigenvalue weighted by atomic mass is 16.1. The highest BCUT2D eigenvalue weighted by Crippen LogP contribution is 2.42. The summed E-state index contributed by atoms with van der Waals surface area (Å²) in [5.41, 5.74) is -0.215. The molecule has 1 unspecified atom stereocenters. The minimum absolute atomic E-state index is 0.123. The van der Waals surface area contributed by atoms with Crippen molar-refractivity contribution in [1.82, 2.24) is 5.32 Å². The molecule has 1 aromatic carbocycles. The first-order chi connectivity index (χ1) is 10.3. The van der Waals surface area contributed by atoms with Gasteiger partial charge in [-0.2, -0.15) is 5.26 Å². The average molecular weight is 296 g/mol. The second kappa shape index (κ2) is 5.76. The summed E-state index contributed by atoms with van der Waals surface area (Å²) in [7, 11) is 0. The van der Waals surface area contributed by atoms with Crippen LogP contribution in [0.25, 0.3) is 0 Å². The number of amides is 1. The van der Waals surface area contributed by atoms with Gasteiger partial charge >= 0.3 is 0 Å². The van der Waals surface area contributed by atoms with Crippen LogP contribution in [-0.4, -0.2) is 18.2 Å². The molecule has 0 heterocycles. The van der Waals surface area contributed by atoms with E-state index >= 15 is 0 Å². The Balaban J connectivity index is 2.15. The highest BCUT2D eigenvalue weighted by Gasteiger charge is 2.42. The molecule has 0 saturated carbocycles. The van der Waals surface area contributed by atoms with E-state index in [2.05, 4.69) is 5.32 Å². The quantitative estimate of drug-likeness (QED) is 0.932. The van der Waals surface area contributed by atoms with Gasteiger partial charge in [0.25, 0.3) is 5.91 Å². The summed E-state index contributed by atoms with van der Waals surface area (Å²) >= 11 is 0. The molecule has 0 aromatic heterocycles. The Bertz CT molecular complexity index is 668. The molecule has 4 nitrogen and oxygen atoms in total. The molecule has 1 atom stereocenters. The molecule has 0 aliphatic heterocycles. The van der Waals surface area contributed by atoms with Gasteiger partial charge in [0, 0.05) is 22.9 Å².